The van der Waals surface area contributed by atoms with Crippen LogP contribution in [-0.4, -0.2) is 24.2 Å². The molecular weight excluding hydrogens is 346 g/mol. The zero-order chi connectivity index (χ0) is 18.6. The van der Waals surface area contributed by atoms with E-state index in [0.717, 1.165) is 22.6 Å². The van der Waals surface area contributed by atoms with Crippen LogP contribution in [0.2, 0.25) is 0 Å². The van der Waals surface area contributed by atoms with E-state index >= 15 is 0 Å². The zero-order valence-corrected chi connectivity index (χ0v) is 14.8. The minimum atomic E-state index is 0.385. The summed E-state index contributed by atoms with van der Waals surface area (Å²) < 4.78 is 21.7. The van der Waals surface area contributed by atoms with Gasteiger partial charge in [0.25, 0.3) is 6.01 Å². The second-order valence-electron chi connectivity index (χ2n) is 5.66. The molecule has 1 N–H and O–H groups in total. The number of aromatic nitrogens is 2. The summed E-state index contributed by atoms with van der Waals surface area (Å²) in [6.07, 6.45) is 4.69. The van der Waals surface area contributed by atoms with E-state index in [9.17, 15) is 0 Å². The van der Waals surface area contributed by atoms with Crippen LogP contribution in [0.1, 0.15) is 0 Å². The standard InChI is InChI=1S/C20H17N3O4/c1-24-15-6-3-13(4-7-15)18-11-22-20(27-18)23-14-5-8-16(17(9-14)25-2)19-10-21-12-26-19/h3-12H,1-2H3,(H,22,23). The van der Waals surface area contributed by atoms with Crippen LogP contribution in [0.25, 0.3) is 22.6 Å². The summed E-state index contributed by atoms with van der Waals surface area (Å²) in [5, 5.41) is 3.14. The lowest BCUT2D eigenvalue weighted by Gasteiger charge is -2.09. The Hall–Kier alpha value is -3.74. The van der Waals surface area contributed by atoms with Gasteiger partial charge in [0.05, 0.1) is 32.2 Å². The van der Waals surface area contributed by atoms with E-state index in [1.165, 1.54) is 6.39 Å². The number of hydrogen-bond acceptors (Lipinski definition) is 7. The average molecular weight is 363 g/mol. The Balaban J connectivity index is 1.55. The SMILES string of the molecule is COc1ccc(-c2cnc(Nc3ccc(-c4cnco4)c(OC)c3)o2)cc1. The molecule has 4 aromatic rings. The van der Waals surface area contributed by atoms with Gasteiger partial charge in [0.1, 0.15) is 11.5 Å². The van der Waals surface area contributed by atoms with Gasteiger partial charge < -0.3 is 23.6 Å². The van der Waals surface area contributed by atoms with Crippen LogP contribution >= 0.6 is 0 Å². The first-order valence-electron chi connectivity index (χ1n) is 8.21. The van der Waals surface area contributed by atoms with E-state index < -0.39 is 0 Å². The topological polar surface area (TPSA) is 82.5 Å². The molecule has 0 radical (unpaired) electrons. The van der Waals surface area contributed by atoms with Crippen LogP contribution in [0.3, 0.4) is 0 Å². The number of nitrogens with one attached hydrogen (secondary N) is 1. The smallest absolute Gasteiger partial charge is 0.299 e. The van der Waals surface area contributed by atoms with Crippen molar-refractivity contribution in [3.8, 4) is 34.1 Å². The molecule has 0 fully saturated rings. The van der Waals surface area contributed by atoms with Gasteiger partial charge in [-0.2, -0.15) is 0 Å². The van der Waals surface area contributed by atoms with Crippen molar-refractivity contribution in [2.24, 2.45) is 0 Å². The highest BCUT2D eigenvalue weighted by atomic mass is 16.5. The summed E-state index contributed by atoms with van der Waals surface area (Å²) in [7, 11) is 3.24. The van der Waals surface area contributed by atoms with Crippen LogP contribution in [-0.2, 0) is 0 Å². The Morgan fingerprint density at radius 2 is 1.78 bits per heavy atom. The van der Waals surface area contributed by atoms with Crippen LogP contribution < -0.4 is 14.8 Å². The number of ether oxygens (including phenoxy) is 2. The van der Waals surface area contributed by atoms with Crippen LogP contribution in [0.5, 0.6) is 11.5 Å². The molecule has 0 saturated heterocycles. The van der Waals surface area contributed by atoms with Gasteiger partial charge in [0.2, 0.25) is 0 Å². The fraction of sp³-hybridized carbons (Fsp3) is 0.100. The van der Waals surface area contributed by atoms with Gasteiger partial charge in [-0.3, -0.25) is 0 Å². The van der Waals surface area contributed by atoms with E-state index in [2.05, 4.69) is 15.3 Å². The summed E-state index contributed by atoms with van der Waals surface area (Å²) in [6, 6.07) is 13.6. The van der Waals surface area contributed by atoms with E-state index in [0.29, 0.717) is 23.3 Å². The number of anilines is 2. The Labute approximate surface area is 155 Å². The normalized spacial score (nSPS) is 10.6. The first-order chi connectivity index (χ1) is 13.3. The molecule has 0 atom stereocenters. The predicted octanol–water partition coefficient (Wildman–Crippen LogP) is 4.76. The van der Waals surface area contributed by atoms with Gasteiger partial charge >= 0.3 is 0 Å². The molecular formula is C20H17N3O4. The van der Waals surface area contributed by atoms with Crippen LogP contribution in [0.15, 0.2) is 70.1 Å². The van der Waals surface area contributed by atoms with Crippen LogP contribution in [0.4, 0.5) is 11.7 Å². The molecule has 4 rings (SSSR count). The number of oxazole rings is 2. The zero-order valence-electron chi connectivity index (χ0n) is 14.8. The number of benzene rings is 2. The van der Waals surface area contributed by atoms with Crippen LogP contribution in [0, 0.1) is 0 Å². The molecule has 7 nitrogen and oxygen atoms in total. The summed E-state index contributed by atoms with van der Waals surface area (Å²) in [6.45, 7) is 0. The monoisotopic (exact) mass is 363 g/mol. The molecule has 0 bridgehead atoms. The molecule has 7 heteroatoms. The summed E-state index contributed by atoms with van der Waals surface area (Å²) in [5.74, 6) is 2.73. The maximum Gasteiger partial charge on any atom is 0.299 e. The number of rotatable bonds is 6. The number of nitrogens with zero attached hydrogens (tertiary/aromatic N) is 2. The van der Waals surface area contributed by atoms with Crippen molar-refractivity contribution in [2.45, 2.75) is 0 Å². The van der Waals surface area contributed by atoms with Crippen molar-refractivity contribution in [1.82, 2.24) is 9.97 Å². The lowest BCUT2D eigenvalue weighted by molar-refractivity contribution is 0.414. The molecule has 27 heavy (non-hydrogen) atoms. The molecule has 2 aromatic heterocycles. The van der Waals surface area contributed by atoms with Gasteiger partial charge in [-0.1, -0.05) is 0 Å². The summed E-state index contributed by atoms with van der Waals surface area (Å²) in [4.78, 5) is 8.22. The van der Waals surface area contributed by atoms with Crippen molar-refractivity contribution in [1.29, 1.82) is 0 Å². The van der Waals surface area contributed by atoms with Gasteiger partial charge in [0, 0.05) is 17.3 Å². The van der Waals surface area contributed by atoms with Crippen molar-refractivity contribution >= 4 is 11.7 Å². The third kappa shape index (κ3) is 3.48. The molecule has 0 amide bonds. The van der Waals surface area contributed by atoms with E-state index in [1.54, 1.807) is 26.6 Å². The summed E-state index contributed by atoms with van der Waals surface area (Å²) >= 11 is 0. The Kier molecular flexibility index (Phi) is 4.49. The number of hydrogen-bond donors (Lipinski definition) is 1. The molecule has 0 aliphatic heterocycles. The van der Waals surface area contributed by atoms with Crippen molar-refractivity contribution < 1.29 is 18.3 Å². The molecule has 0 aliphatic carbocycles. The third-order valence-corrected chi connectivity index (χ3v) is 4.03. The quantitative estimate of drug-likeness (QED) is 0.529. The van der Waals surface area contributed by atoms with E-state index in [4.69, 9.17) is 18.3 Å². The van der Waals surface area contributed by atoms with Crippen molar-refractivity contribution in [3.63, 3.8) is 0 Å². The third-order valence-electron chi connectivity index (χ3n) is 4.03. The Morgan fingerprint density at radius 3 is 2.48 bits per heavy atom. The average Bonchev–Trinajstić information content (AvgIpc) is 3.40. The molecule has 136 valence electrons. The molecule has 0 saturated carbocycles. The predicted molar refractivity (Wildman–Crippen MR) is 100 cm³/mol. The highest BCUT2D eigenvalue weighted by molar-refractivity contribution is 5.71. The molecule has 0 unspecified atom stereocenters. The second kappa shape index (κ2) is 7.25. The van der Waals surface area contributed by atoms with E-state index in [-0.39, 0.29) is 0 Å². The van der Waals surface area contributed by atoms with Gasteiger partial charge in [-0.25, -0.2) is 9.97 Å². The lowest BCUT2D eigenvalue weighted by atomic mass is 10.1. The fourth-order valence-corrected chi connectivity index (χ4v) is 2.67. The maximum absolute atomic E-state index is 5.79. The number of methoxy groups -OCH3 is 2. The highest BCUT2D eigenvalue weighted by Gasteiger charge is 2.12. The lowest BCUT2D eigenvalue weighted by Crippen LogP contribution is -1.93. The largest absolute Gasteiger partial charge is 0.497 e. The van der Waals surface area contributed by atoms with Gasteiger partial charge in [0.15, 0.2) is 17.9 Å². The van der Waals surface area contributed by atoms with Gasteiger partial charge in [-0.05, 0) is 36.4 Å². The minimum Gasteiger partial charge on any atom is -0.497 e. The molecule has 2 heterocycles. The van der Waals surface area contributed by atoms with E-state index in [1.807, 2.05) is 42.5 Å². The highest BCUT2D eigenvalue weighted by Crippen LogP contribution is 2.33. The Bertz CT molecular complexity index is 1020. The summed E-state index contributed by atoms with van der Waals surface area (Å²) in [5.41, 5.74) is 2.50. The first-order valence-corrected chi connectivity index (χ1v) is 8.21. The Morgan fingerprint density at radius 1 is 0.926 bits per heavy atom. The van der Waals surface area contributed by atoms with Crippen molar-refractivity contribution in [2.75, 3.05) is 19.5 Å². The first kappa shape index (κ1) is 16.7. The molecule has 0 aliphatic rings. The van der Waals surface area contributed by atoms with Gasteiger partial charge in [-0.15, -0.1) is 0 Å². The molecule has 2 aromatic carbocycles. The van der Waals surface area contributed by atoms with Crippen molar-refractivity contribution in [3.05, 3.63) is 61.3 Å². The molecule has 0 spiro atoms. The maximum atomic E-state index is 5.79. The minimum absolute atomic E-state index is 0.385. The fourth-order valence-electron chi connectivity index (χ4n) is 2.67. The second-order valence-corrected chi connectivity index (χ2v) is 5.66.